The molecule has 21 heteroatoms. The molecule has 414 valence electrons. The summed E-state index contributed by atoms with van der Waals surface area (Å²) < 4.78 is 86.2. The zero-order valence-corrected chi connectivity index (χ0v) is 50.5. The van der Waals surface area contributed by atoms with Crippen LogP contribution in [-0.2, 0) is 67.9 Å². The number of hydroxylamine groups is 2. The lowest BCUT2D eigenvalue weighted by Crippen LogP contribution is -2.25. The van der Waals surface area contributed by atoms with Gasteiger partial charge >= 0.3 is 32.9 Å². The van der Waals surface area contributed by atoms with Gasteiger partial charge in [0.1, 0.15) is 0 Å². The van der Waals surface area contributed by atoms with E-state index < -0.39 is 15.5 Å². The van der Waals surface area contributed by atoms with Crippen LogP contribution in [0.25, 0.3) is 0 Å². The number of hydrogen-bond donors (Lipinski definition) is 3. The molecule has 73 heavy (non-hydrogen) atoms. The third-order valence-electron chi connectivity index (χ3n) is 9.18. The van der Waals surface area contributed by atoms with Gasteiger partial charge in [0.15, 0.2) is 0 Å². The minimum absolute atomic E-state index is 0.156. The maximum Gasteiger partial charge on any atom is 0.408 e. The van der Waals surface area contributed by atoms with Crippen molar-refractivity contribution in [1.29, 1.82) is 0 Å². The van der Waals surface area contributed by atoms with E-state index in [2.05, 4.69) is 60.3 Å². The first kappa shape index (κ1) is 72.6. The number of nitrogens with zero attached hydrogens (tertiary/aromatic N) is 1. The molecule has 16 nitrogen and oxygen atoms in total. The Morgan fingerprint density at radius 3 is 1.18 bits per heavy atom. The van der Waals surface area contributed by atoms with Crippen LogP contribution in [0.2, 0.25) is 0 Å². The van der Waals surface area contributed by atoms with E-state index in [1.165, 1.54) is 16.7 Å². The first-order chi connectivity index (χ1) is 35.1. The summed E-state index contributed by atoms with van der Waals surface area (Å²) in [5.74, 6) is 0.250. The predicted octanol–water partition coefficient (Wildman–Crippen LogP) is 14.7. The predicted molar refractivity (Wildman–Crippen MR) is 302 cm³/mol. The summed E-state index contributed by atoms with van der Waals surface area (Å²) in [7, 11) is -6.72. The molecule has 0 aliphatic carbocycles. The normalized spacial score (nSPS) is 14.7. The molecule has 2 unspecified atom stereocenters. The minimum atomic E-state index is -3.14. The van der Waals surface area contributed by atoms with Crippen LogP contribution in [0.3, 0.4) is 0 Å². The summed E-state index contributed by atoms with van der Waals surface area (Å²) in [5, 5.41) is 2.91. The maximum atomic E-state index is 12.2. The average Bonchev–Trinajstić information content (AvgIpc) is 4.15. The standard InChI is InChI=1S/C13H22NO3P.2C9H12NO2P.C7H16NO3P.C6H5Br.2C4H10O/c1-4-16-18(15,17-5-2)14-11-12(3)13-9-7-6-8-10-13;2*1-8(10-12-13-11)7-9-5-3-2-4-6-9;1-4-10-12(9,11-5-2)8-6-7(8)3;7-6-4-2-1-3-5-6;2*1-3-5-4-2/h6-10,12H,4-5,11H2,1-3H3,(H,14,15);2*2-6,8,10H,7H2,1H3;7H,4-6H2,1-3H3;1-5H;2*3-4H2,1-2H3/t;2*8-;7-,8?;;;/m.111.../s1. The lowest BCUT2D eigenvalue weighted by atomic mass is 10.0. The smallest absolute Gasteiger partial charge is 0.382 e. The first-order valence-corrected chi connectivity index (χ1v) is 30.2. The molecular weight excluding hydrogens is 1080 g/mol. The van der Waals surface area contributed by atoms with E-state index >= 15 is 0 Å². The van der Waals surface area contributed by atoms with E-state index in [-0.39, 0.29) is 35.4 Å². The Morgan fingerprint density at radius 1 is 0.562 bits per heavy atom. The van der Waals surface area contributed by atoms with Crippen molar-refractivity contribution in [2.75, 3.05) is 65.9 Å². The number of benzene rings is 4. The van der Waals surface area contributed by atoms with E-state index in [1.807, 2.05) is 172 Å². The molecule has 5 atom stereocenters. The second-order valence-electron chi connectivity index (χ2n) is 15.4. The molecule has 5 rings (SSSR count). The summed E-state index contributed by atoms with van der Waals surface area (Å²) in [6.45, 7) is 29.6. The molecule has 0 amide bonds. The van der Waals surface area contributed by atoms with Gasteiger partial charge in [-0.05, 0) is 124 Å². The molecule has 0 aromatic heterocycles. The van der Waals surface area contributed by atoms with Crippen molar-refractivity contribution in [3.05, 3.63) is 142 Å². The highest BCUT2D eigenvalue weighted by Crippen LogP contribution is 2.58. The molecule has 3 N–H and O–H groups in total. The molecule has 1 saturated heterocycles. The largest absolute Gasteiger partial charge is 0.408 e. The van der Waals surface area contributed by atoms with Gasteiger partial charge in [0, 0.05) is 62.1 Å². The molecule has 1 aliphatic heterocycles. The van der Waals surface area contributed by atoms with Crippen molar-refractivity contribution >= 4 is 48.8 Å². The Kier molecular flexibility index (Phi) is 48.9. The Morgan fingerprint density at radius 2 is 0.904 bits per heavy atom. The summed E-state index contributed by atoms with van der Waals surface area (Å²) in [6.07, 6.45) is 1.72. The highest BCUT2D eigenvalue weighted by molar-refractivity contribution is 9.10. The molecule has 0 radical (unpaired) electrons. The van der Waals surface area contributed by atoms with Crippen molar-refractivity contribution in [2.45, 2.75) is 120 Å². The summed E-state index contributed by atoms with van der Waals surface area (Å²) in [4.78, 5) is 0. The Balaban J connectivity index is 0. The highest BCUT2D eigenvalue weighted by Gasteiger charge is 2.46. The molecule has 0 spiro atoms. The van der Waals surface area contributed by atoms with Gasteiger partial charge in [-0.1, -0.05) is 132 Å². The van der Waals surface area contributed by atoms with Gasteiger partial charge in [-0.2, -0.15) is 11.0 Å². The number of nitrogens with one attached hydrogen (secondary N) is 3. The van der Waals surface area contributed by atoms with Crippen molar-refractivity contribution in [1.82, 2.24) is 20.7 Å². The van der Waals surface area contributed by atoms with Gasteiger partial charge in [-0.3, -0.25) is 18.1 Å². The van der Waals surface area contributed by atoms with Crippen molar-refractivity contribution in [2.24, 2.45) is 0 Å². The quantitative estimate of drug-likeness (QED) is 0.0291. The van der Waals surface area contributed by atoms with Crippen molar-refractivity contribution in [3.8, 4) is 0 Å². The lowest BCUT2D eigenvalue weighted by Gasteiger charge is -2.20. The van der Waals surface area contributed by atoms with Gasteiger partial charge < -0.3 is 9.47 Å². The third-order valence-corrected chi connectivity index (χ3v) is 14.2. The van der Waals surface area contributed by atoms with E-state index in [4.69, 9.17) is 27.6 Å². The van der Waals surface area contributed by atoms with Crippen LogP contribution < -0.4 is 16.0 Å². The van der Waals surface area contributed by atoms with Crippen molar-refractivity contribution < 1.29 is 55.1 Å². The average molecular weight is 1160 g/mol. The zero-order chi connectivity index (χ0) is 55.0. The van der Waals surface area contributed by atoms with E-state index in [1.54, 1.807) is 18.5 Å². The van der Waals surface area contributed by atoms with Crippen LogP contribution in [0.1, 0.15) is 106 Å². The van der Waals surface area contributed by atoms with Crippen LogP contribution in [0, 0.1) is 0 Å². The zero-order valence-electron chi connectivity index (χ0n) is 45.4. The molecule has 4 aromatic carbocycles. The molecule has 4 aromatic rings. The minimum Gasteiger partial charge on any atom is -0.382 e. The van der Waals surface area contributed by atoms with Gasteiger partial charge in [-0.15, -0.1) is 0 Å². The monoisotopic (exact) mass is 1160 g/mol. The second-order valence-corrected chi connectivity index (χ2v) is 20.8. The highest BCUT2D eigenvalue weighted by atomic mass is 79.9. The van der Waals surface area contributed by atoms with Gasteiger partial charge in [0.05, 0.1) is 26.4 Å². The summed E-state index contributed by atoms with van der Waals surface area (Å²) in [5.41, 5.74) is 8.97. The van der Waals surface area contributed by atoms with Crippen LogP contribution in [0.15, 0.2) is 126 Å². The topological polar surface area (TPSA) is 181 Å². The lowest BCUT2D eigenvalue weighted by molar-refractivity contribution is 0.162. The van der Waals surface area contributed by atoms with Crippen LogP contribution in [-0.4, -0.2) is 88.7 Å². The second kappa shape index (κ2) is 49.1. The maximum absolute atomic E-state index is 12.2. The number of halogens is 1. The fourth-order valence-electron chi connectivity index (χ4n) is 5.76. The molecule has 0 bridgehead atoms. The van der Waals surface area contributed by atoms with Crippen LogP contribution in [0.4, 0.5) is 0 Å². The number of rotatable bonds is 27. The van der Waals surface area contributed by atoms with Crippen molar-refractivity contribution in [3.63, 3.8) is 0 Å². The Hall–Kier alpha value is -2.46. The van der Waals surface area contributed by atoms with E-state index in [9.17, 15) is 18.3 Å². The van der Waals surface area contributed by atoms with Gasteiger partial charge in [0.2, 0.25) is 0 Å². The van der Waals surface area contributed by atoms with Gasteiger partial charge in [0.25, 0.3) is 0 Å². The molecule has 1 fully saturated rings. The summed E-state index contributed by atoms with van der Waals surface area (Å²) >= 11 is 3.31. The van der Waals surface area contributed by atoms with E-state index in [0.717, 1.165) is 50.3 Å². The fraction of sp³-hybridized carbons (Fsp3) is 0.538. The Bertz CT molecular complexity index is 1860. The fourth-order valence-corrected chi connectivity index (χ4v) is 9.89. The third kappa shape index (κ3) is 41.4. The van der Waals surface area contributed by atoms with Gasteiger partial charge in [-0.25, -0.2) is 37.3 Å². The van der Waals surface area contributed by atoms with Crippen LogP contribution >= 0.6 is 48.8 Å². The molecular formula is C52H87BrN4O12P4. The summed E-state index contributed by atoms with van der Waals surface area (Å²) in [6, 6.07) is 40.8. The first-order valence-electron chi connectivity index (χ1n) is 24.9. The number of ether oxygens (including phenoxy) is 2. The SMILES string of the molecule is Brc1ccccc1.CCOCC.CCOCC.CCOP(=O)(NCC(C)c1ccccc1)OCC.CCOP(=O)(OCC)N1C[C@H]1C.C[C@H](Cc1ccccc1)NOP=O.C[C@H](Cc1ccccc1)NOP=O. The molecule has 0 saturated carbocycles. The Labute approximate surface area is 450 Å². The molecule has 1 heterocycles. The number of hydrogen-bond acceptors (Lipinski definition) is 14. The van der Waals surface area contributed by atoms with E-state index in [0.29, 0.717) is 39.0 Å². The van der Waals surface area contributed by atoms with Crippen LogP contribution in [0.5, 0.6) is 0 Å². The molecule has 1 aliphatic rings.